The third kappa shape index (κ3) is 3.74. The SMILES string of the molecule is O=C(Cc1cnn(-c2ccccc2)c1)NNC(=O)c1ccc2c(c1)OCO2. The van der Waals surface area contributed by atoms with Crippen LogP contribution < -0.4 is 20.3 Å². The second-order valence-corrected chi connectivity index (χ2v) is 5.88. The molecule has 8 heteroatoms. The molecule has 1 aliphatic rings. The second-order valence-electron chi connectivity index (χ2n) is 5.88. The molecule has 1 aliphatic heterocycles. The van der Waals surface area contributed by atoms with Gasteiger partial charge in [0.15, 0.2) is 11.5 Å². The highest BCUT2D eigenvalue weighted by atomic mass is 16.7. The molecule has 0 atom stereocenters. The van der Waals surface area contributed by atoms with Gasteiger partial charge in [0.25, 0.3) is 5.91 Å². The fraction of sp³-hybridized carbons (Fsp3) is 0.105. The lowest BCUT2D eigenvalue weighted by Gasteiger charge is -2.07. The van der Waals surface area contributed by atoms with Gasteiger partial charge in [-0.05, 0) is 35.9 Å². The van der Waals surface area contributed by atoms with E-state index in [4.69, 9.17) is 9.47 Å². The molecule has 2 N–H and O–H groups in total. The molecule has 0 aliphatic carbocycles. The molecule has 0 fully saturated rings. The number of ether oxygens (including phenoxy) is 2. The van der Waals surface area contributed by atoms with E-state index in [1.54, 1.807) is 35.3 Å². The van der Waals surface area contributed by atoms with Crippen LogP contribution in [0.3, 0.4) is 0 Å². The number of hydrogen-bond donors (Lipinski definition) is 2. The number of aromatic nitrogens is 2. The topological polar surface area (TPSA) is 94.5 Å². The Kier molecular flexibility index (Phi) is 4.44. The highest BCUT2D eigenvalue weighted by Crippen LogP contribution is 2.32. The number of hydrogen-bond acceptors (Lipinski definition) is 5. The minimum absolute atomic E-state index is 0.0915. The summed E-state index contributed by atoms with van der Waals surface area (Å²) in [5.41, 5.74) is 6.78. The van der Waals surface area contributed by atoms with Crippen LogP contribution in [0.15, 0.2) is 60.9 Å². The third-order valence-electron chi connectivity index (χ3n) is 3.97. The molecular weight excluding hydrogens is 348 g/mol. The van der Waals surface area contributed by atoms with Crippen molar-refractivity contribution in [2.75, 3.05) is 6.79 Å². The summed E-state index contributed by atoms with van der Waals surface area (Å²) in [6, 6.07) is 14.4. The first-order valence-corrected chi connectivity index (χ1v) is 8.27. The highest BCUT2D eigenvalue weighted by molar-refractivity contribution is 5.96. The number of rotatable bonds is 4. The minimum atomic E-state index is -0.443. The van der Waals surface area contributed by atoms with E-state index in [0.29, 0.717) is 17.1 Å². The number of nitrogens with zero attached hydrogens (tertiary/aromatic N) is 2. The molecule has 0 saturated heterocycles. The van der Waals surface area contributed by atoms with Crippen molar-refractivity contribution in [1.29, 1.82) is 0 Å². The Labute approximate surface area is 154 Å². The molecule has 2 aromatic carbocycles. The lowest BCUT2D eigenvalue weighted by atomic mass is 10.2. The van der Waals surface area contributed by atoms with Crippen LogP contribution in [0.4, 0.5) is 0 Å². The van der Waals surface area contributed by atoms with Crippen LogP contribution in [0, 0.1) is 0 Å². The molecule has 1 aromatic heterocycles. The van der Waals surface area contributed by atoms with Crippen LogP contribution in [0.2, 0.25) is 0 Å². The molecule has 0 bridgehead atoms. The first-order chi connectivity index (χ1) is 13.2. The normalized spacial score (nSPS) is 11.9. The highest BCUT2D eigenvalue weighted by Gasteiger charge is 2.16. The fourth-order valence-corrected chi connectivity index (χ4v) is 2.64. The molecule has 0 unspecified atom stereocenters. The van der Waals surface area contributed by atoms with E-state index in [2.05, 4.69) is 16.0 Å². The minimum Gasteiger partial charge on any atom is -0.454 e. The number of benzene rings is 2. The third-order valence-corrected chi connectivity index (χ3v) is 3.97. The molecule has 0 spiro atoms. The summed E-state index contributed by atoms with van der Waals surface area (Å²) >= 11 is 0. The maximum Gasteiger partial charge on any atom is 0.269 e. The lowest BCUT2D eigenvalue weighted by Crippen LogP contribution is -2.42. The van der Waals surface area contributed by atoms with Crippen LogP contribution in [0.5, 0.6) is 11.5 Å². The van der Waals surface area contributed by atoms with Crippen molar-refractivity contribution >= 4 is 11.8 Å². The van der Waals surface area contributed by atoms with E-state index in [1.807, 2.05) is 30.3 Å². The number of nitrogens with one attached hydrogen (secondary N) is 2. The van der Waals surface area contributed by atoms with E-state index in [9.17, 15) is 9.59 Å². The van der Waals surface area contributed by atoms with Gasteiger partial charge in [-0.25, -0.2) is 4.68 Å². The quantitative estimate of drug-likeness (QED) is 0.686. The zero-order valence-electron chi connectivity index (χ0n) is 14.2. The number of hydrazine groups is 1. The van der Waals surface area contributed by atoms with Crippen LogP contribution in [0.25, 0.3) is 5.69 Å². The van der Waals surface area contributed by atoms with Crippen LogP contribution >= 0.6 is 0 Å². The summed E-state index contributed by atoms with van der Waals surface area (Å²) in [5, 5.41) is 4.24. The van der Waals surface area contributed by atoms with E-state index < -0.39 is 5.91 Å². The summed E-state index contributed by atoms with van der Waals surface area (Å²) in [6.45, 7) is 0.133. The molecule has 2 heterocycles. The van der Waals surface area contributed by atoms with Crippen LogP contribution in [-0.2, 0) is 11.2 Å². The van der Waals surface area contributed by atoms with Crippen molar-refractivity contribution in [1.82, 2.24) is 20.6 Å². The van der Waals surface area contributed by atoms with Gasteiger partial charge in [-0.15, -0.1) is 0 Å². The molecule has 8 nitrogen and oxygen atoms in total. The van der Waals surface area contributed by atoms with Crippen molar-refractivity contribution in [2.45, 2.75) is 6.42 Å². The van der Waals surface area contributed by atoms with Crippen molar-refractivity contribution in [3.05, 3.63) is 72.1 Å². The van der Waals surface area contributed by atoms with Gasteiger partial charge < -0.3 is 9.47 Å². The average Bonchev–Trinajstić information content (AvgIpc) is 3.35. The Morgan fingerprint density at radius 1 is 1.04 bits per heavy atom. The van der Waals surface area contributed by atoms with Gasteiger partial charge in [-0.3, -0.25) is 20.4 Å². The van der Waals surface area contributed by atoms with Crippen molar-refractivity contribution < 1.29 is 19.1 Å². The first kappa shape index (κ1) is 16.6. The van der Waals surface area contributed by atoms with Crippen molar-refractivity contribution in [3.8, 4) is 17.2 Å². The summed E-state index contributed by atoms with van der Waals surface area (Å²) in [5.74, 6) is 0.298. The summed E-state index contributed by atoms with van der Waals surface area (Å²) in [7, 11) is 0. The van der Waals surface area contributed by atoms with E-state index in [1.165, 1.54) is 0 Å². The largest absolute Gasteiger partial charge is 0.454 e. The van der Waals surface area contributed by atoms with Gasteiger partial charge in [0, 0.05) is 11.8 Å². The van der Waals surface area contributed by atoms with E-state index in [-0.39, 0.29) is 19.1 Å². The Morgan fingerprint density at radius 3 is 2.70 bits per heavy atom. The standard InChI is InChI=1S/C19H16N4O4/c24-18(8-13-10-20-23(11-13)15-4-2-1-3-5-15)21-22-19(25)14-6-7-16-17(9-14)27-12-26-16/h1-7,9-11H,8,12H2,(H,21,24)(H,22,25). The summed E-state index contributed by atoms with van der Waals surface area (Å²) in [4.78, 5) is 24.2. The molecule has 0 radical (unpaired) electrons. The van der Waals surface area contributed by atoms with Gasteiger partial charge in [0.05, 0.1) is 18.3 Å². The van der Waals surface area contributed by atoms with Gasteiger partial charge >= 0.3 is 0 Å². The maximum atomic E-state index is 12.2. The van der Waals surface area contributed by atoms with Crippen molar-refractivity contribution in [3.63, 3.8) is 0 Å². The predicted molar refractivity (Wildman–Crippen MR) is 95.4 cm³/mol. The van der Waals surface area contributed by atoms with E-state index in [0.717, 1.165) is 11.3 Å². The Hall–Kier alpha value is -3.81. The fourth-order valence-electron chi connectivity index (χ4n) is 2.64. The van der Waals surface area contributed by atoms with E-state index >= 15 is 0 Å². The predicted octanol–water partition coefficient (Wildman–Crippen LogP) is 1.60. The molecule has 4 rings (SSSR count). The van der Waals surface area contributed by atoms with Crippen LogP contribution in [0.1, 0.15) is 15.9 Å². The molecular formula is C19H16N4O4. The number of para-hydroxylation sites is 1. The summed E-state index contributed by atoms with van der Waals surface area (Å²) in [6.07, 6.45) is 3.48. The monoisotopic (exact) mass is 364 g/mol. The van der Waals surface area contributed by atoms with Crippen LogP contribution in [-0.4, -0.2) is 28.4 Å². The number of fused-ring (bicyclic) bond motifs is 1. The number of carbonyl (C=O) groups excluding carboxylic acids is 2. The second kappa shape index (κ2) is 7.20. The number of amides is 2. The van der Waals surface area contributed by atoms with Crippen molar-refractivity contribution in [2.24, 2.45) is 0 Å². The Balaban J connectivity index is 1.32. The Bertz CT molecular complexity index is 984. The molecule has 27 heavy (non-hydrogen) atoms. The Morgan fingerprint density at radius 2 is 1.85 bits per heavy atom. The molecule has 2 amide bonds. The zero-order valence-corrected chi connectivity index (χ0v) is 14.2. The zero-order chi connectivity index (χ0) is 18.6. The van der Waals surface area contributed by atoms with Gasteiger partial charge in [0.1, 0.15) is 0 Å². The molecule has 3 aromatic rings. The van der Waals surface area contributed by atoms with Gasteiger partial charge in [-0.2, -0.15) is 5.10 Å². The van der Waals surface area contributed by atoms with Gasteiger partial charge in [-0.1, -0.05) is 18.2 Å². The maximum absolute atomic E-state index is 12.2. The number of carbonyl (C=O) groups is 2. The molecule has 0 saturated carbocycles. The van der Waals surface area contributed by atoms with Gasteiger partial charge in [0.2, 0.25) is 12.7 Å². The molecule has 136 valence electrons. The lowest BCUT2D eigenvalue weighted by molar-refractivity contribution is -0.121. The average molecular weight is 364 g/mol. The smallest absolute Gasteiger partial charge is 0.269 e. The summed E-state index contributed by atoms with van der Waals surface area (Å²) < 4.78 is 12.1. The first-order valence-electron chi connectivity index (χ1n) is 8.27.